The number of ether oxygens (including phenoxy) is 4. The maximum absolute atomic E-state index is 12.4. The molecule has 2 rings (SSSR count). The van der Waals surface area contributed by atoms with Crippen molar-refractivity contribution in [3.8, 4) is 0 Å². The molecule has 55 heavy (non-hydrogen) atoms. The van der Waals surface area contributed by atoms with Gasteiger partial charge < -0.3 is 49.6 Å². The maximum Gasteiger partial charge on any atom is 0.697 e. The number of unbranched alkanes of at least 4 members (excludes halogenated alkanes) is 4. The van der Waals surface area contributed by atoms with Gasteiger partial charge in [-0.1, -0.05) is 13.8 Å². The second-order valence-corrected chi connectivity index (χ2v) is 16.7. The molecule has 2 aliphatic rings. The van der Waals surface area contributed by atoms with Gasteiger partial charge in [0.15, 0.2) is 12.4 Å². The lowest BCUT2D eigenvalue weighted by Gasteiger charge is -2.40. The number of aliphatic hydroxyl groups is 6. The van der Waals surface area contributed by atoms with Crippen LogP contribution in [-0.4, -0.2) is 152 Å². The zero-order valence-corrected chi connectivity index (χ0v) is 35.0. The van der Waals surface area contributed by atoms with Crippen LogP contribution in [0.25, 0.3) is 0 Å². The summed E-state index contributed by atoms with van der Waals surface area (Å²) in [5.41, 5.74) is 0. The summed E-state index contributed by atoms with van der Waals surface area (Å²) in [7, 11) is -7.82. The predicted molar refractivity (Wildman–Crippen MR) is 195 cm³/mol. The van der Waals surface area contributed by atoms with E-state index in [1.54, 1.807) is 13.8 Å². The minimum absolute atomic E-state index is 0.0124. The van der Waals surface area contributed by atoms with Gasteiger partial charge in [0.25, 0.3) is 0 Å². The van der Waals surface area contributed by atoms with Crippen molar-refractivity contribution in [2.45, 2.75) is 128 Å². The van der Waals surface area contributed by atoms with Crippen molar-refractivity contribution < 1.29 is 90.4 Å². The Labute approximate surface area is 326 Å². The highest BCUT2D eigenvalue weighted by Crippen LogP contribution is 2.34. The van der Waals surface area contributed by atoms with Crippen LogP contribution in [0.2, 0.25) is 0 Å². The fourth-order valence-electron chi connectivity index (χ4n) is 5.77. The van der Waals surface area contributed by atoms with E-state index in [0.29, 0.717) is 51.6 Å². The van der Waals surface area contributed by atoms with Crippen molar-refractivity contribution >= 4 is 24.8 Å². The van der Waals surface area contributed by atoms with Crippen LogP contribution in [-0.2, 0) is 59.8 Å². The normalized spacial score (nSPS) is 30.1. The summed E-state index contributed by atoms with van der Waals surface area (Å²) >= 11 is 0. The Bertz CT molecular complexity index is 1010. The van der Waals surface area contributed by atoms with Gasteiger partial charge in [0, 0.05) is 51.3 Å². The molecule has 0 aromatic carbocycles. The van der Waals surface area contributed by atoms with E-state index in [1.807, 2.05) is 13.8 Å². The Hall–Kier alpha value is -0.340. The Morgan fingerprint density at radius 2 is 1.16 bits per heavy atom. The van der Waals surface area contributed by atoms with Crippen LogP contribution in [0, 0.1) is 17.8 Å². The van der Waals surface area contributed by atoms with Crippen LogP contribution in [0.3, 0.4) is 0 Å². The van der Waals surface area contributed by atoms with Crippen LogP contribution in [0.15, 0.2) is 0 Å². The van der Waals surface area contributed by atoms with Crippen molar-refractivity contribution in [2.75, 3.05) is 66.1 Å². The Kier molecular flexibility index (Phi) is 26.8. The number of aliphatic hydroxyl groups excluding tert-OH is 6. The molecule has 14 unspecified atom stereocenters. The van der Waals surface area contributed by atoms with Crippen LogP contribution in [0.4, 0.5) is 0 Å². The van der Waals surface area contributed by atoms with Gasteiger partial charge >= 0.3 is 24.8 Å². The lowest BCUT2D eigenvalue weighted by molar-refractivity contribution is -0.282. The Morgan fingerprint density at radius 3 is 1.73 bits per heavy atom. The van der Waals surface area contributed by atoms with Crippen LogP contribution < -0.4 is 0 Å². The molecule has 1 aliphatic heterocycles. The molecule has 1 heterocycles. The lowest BCUT2D eigenvalue weighted by Crippen LogP contribution is -2.55. The van der Waals surface area contributed by atoms with Gasteiger partial charge in [-0.25, -0.2) is 0 Å². The number of hydrogen-bond acceptors (Lipinski definition) is 19. The van der Waals surface area contributed by atoms with Crippen LogP contribution >= 0.6 is 24.8 Å². The third-order valence-electron chi connectivity index (χ3n) is 9.20. The molecule has 6 N–H and O–H groups in total. The van der Waals surface area contributed by atoms with Gasteiger partial charge in [0.05, 0.1) is 43.7 Å². The molecule has 322 valence electrons. The first-order chi connectivity index (χ1) is 26.3. The molecule has 0 amide bonds. The predicted octanol–water partition coefficient (Wildman–Crippen LogP) is 3.04. The van der Waals surface area contributed by atoms with Gasteiger partial charge in [0.1, 0.15) is 45.2 Å². The highest BCUT2D eigenvalue weighted by Gasteiger charge is 2.43. The molecule has 0 bridgehead atoms. The van der Waals surface area contributed by atoms with E-state index in [0.717, 1.165) is 0 Å². The molecule has 0 radical (unpaired) electrons. The average Bonchev–Trinajstić information content (AvgIpc) is 3.16. The second kappa shape index (κ2) is 29.0. The van der Waals surface area contributed by atoms with Crippen molar-refractivity contribution in [3.63, 3.8) is 0 Å². The maximum atomic E-state index is 12.4. The summed E-state index contributed by atoms with van der Waals surface area (Å²) < 4.78 is 91.0. The summed E-state index contributed by atoms with van der Waals surface area (Å²) in [4.78, 5) is 0. The van der Waals surface area contributed by atoms with Crippen molar-refractivity contribution in [1.82, 2.24) is 0 Å². The highest BCUT2D eigenvalue weighted by molar-refractivity contribution is 7.33. The van der Waals surface area contributed by atoms with E-state index in [9.17, 15) is 44.3 Å². The quantitative estimate of drug-likeness (QED) is 0.0432. The first kappa shape index (κ1) is 50.8. The highest BCUT2D eigenvalue weighted by atomic mass is 31.1. The van der Waals surface area contributed by atoms with Gasteiger partial charge in [-0.2, -0.15) is 0 Å². The molecule has 22 heteroatoms. The Morgan fingerprint density at radius 1 is 0.618 bits per heavy atom. The van der Waals surface area contributed by atoms with Crippen LogP contribution in [0.1, 0.15) is 72.6 Å². The summed E-state index contributed by atoms with van der Waals surface area (Å²) in [5.74, 6) is -1.20. The summed E-state index contributed by atoms with van der Waals surface area (Å²) in [5, 5.41) is 59.2. The molecule has 1 saturated heterocycles. The molecule has 1 aliphatic carbocycles. The van der Waals surface area contributed by atoms with E-state index in [1.165, 1.54) is 0 Å². The first-order valence-electron chi connectivity index (χ1n) is 19.0. The Balaban J connectivity index is 1.65. The number of hydrogen-bond donors (Lipinski definition) is 6. The van der Waals surface area contributed by atoms with E-state index in [2.05, 4.69) is 0 Å². The molecular formula is C33H64O19P3+3. The third-order valence-corrected chi connectivity index (χ3v) is 11.6. The van der Waals surface area contributed by atoms with E-state index in [4.69, 9.17) is 46.1 Å². The fourth-order valence-corrected chi connectivity index (χ4v) is 7.70. The second-order valence-electron chi connectivity index (χ2n) is 13.9. The fraction of sp³-hybridized carbons (Fsp3) is 1.00. The van der Waals surface area contributed by atoms with E-state index < -0.39 is 86.1 Å². The minimum Gasteiger partial charge on any atom is -0.396 e. The van der Waals surface area contributed by atoms with E-state index in [-0.39, 0.29) is 71.0 Å². The smallest absolute Gasteiger partial charge is 0.396 e. The molecular weight excluding hydrogens is 793 g/mol. The standard InChI is InChI=1S/C33H64O19P3/c1-22(2)43-15-16-48-55(42)52-26(20-49-53(40)46-13-9-5-7-11-44-27-17-25(18-34)31(38)29(36)23(27)3)21-50-54(41)47-14-10-6-8-12-45-33-24(4)30(37)32(39)28(19-35)51-33/h22-39H,5-21H2,1-4H3/q+3. The molecule has 0 aromatic heterocycles. The molecule has 1 saturated carbocycles. The molecule has 19 nitrogen and oxygen atoms in total. The largest absolute Gasteiger partial charge is 0.697 e. The summed E-state index contributed by atoms with van der Waals surface area (Å²) in [6.07, 6.45) is -3.28. The van der Waals surface area contributed by atoms with Gasteiger partial charge in [-0.3, -0.25) is 0 Å². The molecule has 0 spiro atoms. The van der Waals surface area contributed by atoms with Gasteiger partial charge in [0.2, 0.25) is 0 Å². The van der Waals surface area contributed by atoms with E-state index >= 15 is 0 Å². The topological polar surface area (TPSA) is 265 Å². The average molecular weight is 858 g/mol. The van der Waals surface area contributed by atoms with Crippen LogP contribution in [0.5, 0.6) is 0 Å². The minimum atomic E-state index is -2.66. The SMILES string of the molecule is CC(C)OCCO[P+](=O)OC(CO[P+](=O)OCCCCCOC1CC(CO)C(O)C(O)C1C)CO[P+](=O)OCCCCCOC1OC(CO)C(O)C(O)C1C. The zero-order chi connectivity index (χ0) is 40.8. The molecule has 14 atom stereocenters. The molecule has 0 aromatic rings. The van der Waals surface area contributed by atoms with Crippen molar-refractivity contribution in [3.05, 3.63) is 0 Å². The van der Waals surface area contributed by atoms with Gasteiger partial charge in [-0.05, 0) is 58.8 Å². The zero-order valence-electron chi connectivity index (χ0n) is 32.3. The number of rotatable bonds is 31. The summed E-state index contributed by atoms with van der Waals surface area (Å²) in [6, 6.07) is 0. The lowest BCUT2D eigenvalue weighted by atomic mass is 9.77. The summed E-state index contributed by atoms with van der Waals surface area (Å²) in [6.45, 7) is 6.79. The van der Waals surface area contributed by atoms with Crippen molar-refractivity contribution in [2.24, 2.45) is 17.8 Å². The van der Waals surface area contributed by atoms with Crippen molar-refractivity contribution in [1.29, 1.82) is 0 Å². The third kappa shape index (κ3) is 20.0. The van der Waals surface area contributed by atoms with Gasteiger partial charge in [-0.15, -0.1) is 27.1 Å². The first-order valence-corrected chi connectivity index (χ1v) is 22.2. The monoisotopic (exact) mass is 857 g/mol. The molecule has 2 fully saturated rings.